The molecule has 4 aromatic heterocycles. The number of piperidine rings is 1. The number of nitrogens with zero attached hydrogens (tertiary/aromatic N) is 7. The first kappa shape index (κ1) is 22.9. The Balaban J connectivity index is 1.15. The Morgan fingerprint density at radius 2 is 1.95 bits per heavy atom. The summed E-state index contributed by atoms with van der Waals surface area (Å²) in [5.74, 6) is 1.05. The van der Waals surface area contributed by atoms with Gasteiger partial charge in [0.1, 0.15) is 11.3 Å². The fourth-order valence-electron chi connectivity index (χ4n) is 5.93. The van der Waals surface area contributed by atoms with Crippen LogP contribution in [0.3, 0.4) is 0 Å². The maximum Gasteiger partial charge on any atom is 0.156 e. The molecule has 0 bridgehead atoms. The van der Waals surface area contributed by atoms with Gasteiger partial charge in [0.2, 0.25) is 0 Å². The van der Waals surface area contributed by atoms with Crippen LogP contribution in [0.15, 0.2) is 37.1 Å². The summed E-state index contributed by atoms with van der Waals surface area (Å²) in [6.45, 7) is 10.4. The van der Waals surface area contributed by atoms with Crippen molar-refractivity contribution in [1.82, 2.24) is 34.6 Å². The third-order valence-electron chi connectivity index (χ3n) is 8.37. The number of aromatic amines is 1. The van der Waals surface area contributed by atoms with Gasteiger partial charge in [0.15, 0.2) is 5.65 Å². The molecular formula is C28H34N8O. The fourth-order valence-corrected chi connectivity index (χ4v) is 5.93. The summed E-state index contributed by atoms with van der Waals surface area (Å²) in [5.41, 5.74) is 6.79. The molecule has 2 aliphatic heterocycles. The summed E-state index contributed by atoms with van der Waals surface area (Å²) in [5, 5.41) is 4.73. The predicted molar refractivity (Wildman–Crippen MR) is 144 cm³/mol. The van der Waals surface area contributed by atoms with E-state index in [-0.39, 0.29) is 5.60 Å². The summed E-state index contributed by atoms with van der Waals surface area (Å²) in [7, 11) is 0. The molecule has 2 saturated heterocycles. The van der Waals surface area contributed by atoms with E-state index in [2.05, 4.69) is 50.6 Å². The molecule has 0 aromatic carbocycles. The van der Waals surface area contributed by atoms with Crippen LogP contribution in [0.4, 0.5) is 5.82 Å². The second kappa shape index (κ2) is 8.92. The molecule has 1 spiro atoms. The minimum absolute atomic E-state index is 0.0763. The molecule has 0 radical (unpaired) electrons. The number of ether oxygens (including phenoxy) is 1. The molecule has 9 heteroatoms. The van der Waals surface area contributed by atoms with E-state index >= 15 is 0 Å². The second-order valence-corrected chi connectivity index (χ2v) is 10.8. The summed E-state index contributed by atoms with van der Waals surface area (Å²) in [6.07, 6.45) is 14.5. The van der Waals surface area contributed by atoms with Gasteiger partial charge in [-0.15, -0.1) is 0 Å². The lowest BCUT2D eigenvalue weighted by Gasteiger charge is -2.34. The summed E-state index contributed by atoms with van der Waals surface area (Å²) in [6, 6.07) is 2.64. The van der Waals surface area contributed by atoms with Gasteiger partial charge in [0, 0.05) is 61.5 Å². The smallest absolute Gasteiger partial charge is 0.156 e. The number of aryl methyl sites for hydroxylation is 1. The highest BCUT2D eigenvalue weighted by Crippen LogP contribution is 2.43. The molecule has 7 rings (SSSR count). The predicted octanol–water partition coefficient (Wildman–Crippen LogP) is 4.22. The van der Waals surface area contributed by atoms with E-state index in [1.807, 2.05) is 24.8 Å². The van der Waals surface area contributed by atoms with Crippen LogP contribution >= 0.6 is 0 Å². The van der Waals surface area contributed by atoms with Crippen molar-refractivity contribution >= 4 is 17.0 Å². The van der Waals surface area contributed by atoms with Crippen molar-refractivity contribution in [1.29, 1.82) is 0 Å². The van der Waals surface area contributed by atoms with E-state index in [4.69, 9.17) is 19.8 Å². The maximum absolute atomic E-state index is 5.99. The highest BCUT2D eigenvalue weighted by molar-refractivity contribution is 5.91. The minimum atomic E-state index is 0.0763. The Morgan fingerprint density at radius 3 is 2.73 bits per heavy atom. The third kappa shape index (κ3) is 4.20. The maximum atomic E-state index is 5.99. The molecule has 0 unspecified atom stereocenters. The van der Waals surface area contributed by atoms with Gasteiger partial charge in [-0.05, 0) is 50.8 Å². The molecule has 0 atom stereocenters. The number of hydrogen-bond donors (Lipinski definition) is 1. The molecule has 3 fully saturated rings. The van der Waals surface area contributed by atoms with Crippen LogP contribution in [0.5, 0.6) is 0 Å². The van der Waals surface area contributed by atoms with Crippen LogP contribution in [0.2, 0.25) is 0 Å². The number of anilines is 1. The van der Waals surface area contributed by atoms with Gasteiger partial charge in [-0.25, -0.2) is 15.0 Å². The number of aromatic nitrogens is 6. The van der Waals surface area contributed by atoms with Crippen LogP contribution in [0.25, 0.3) is 33.5 Å². The van der Waals surface area contributed by atoms with Crippen molar-refractivity contribution in [3.05, 3.63) is 42.6 Å². The number of fused-ring (bicyclic) bond motifs is 1. The van der Waals surface area contributed by atoms with Gasteiger partial charge in [-0.2, -0.15) is 5.10 Å². The van der Waals surface area contributed by atoms with Crippen LogP contribution in [0, 0.1) is 6.92 Å². The first-order valence-corrected chi connectivity index (χ1v) is 13.6. The number of nitrogens with one attached hydrogen (secondary N) is 1. The zero-order chi connectivity index (χ0) is 25.0. The molecule has 1 saturated carbocycles. The van der Waals surface area contributed by atoms with E-state index in [1.165, 1.54) is 0 Å². The fraction of sp³-hybridized carbons (Fsp3) is 0.500. The Labute approximate surface area is 216 Å². The zero-order valence-corrected chi connectivity index (χ0v) is 21.7. The Kier molecular flexibility index (Phi) is 5.51. The van der Waals surface area contributed by atoms with Gasteiger partial charge >= 0.3 is 0 Å². The lowest BCUT2D eigenvalue weighted by molar-refractivity contribution is 0.0203. The summed E-state index contributed by atoms with van der Waals surface area (Å²) in [4.78, 5) is 22.7. The van der Waals surface area contributed by atoms with Crippen molar-refractivity contribution in [2.45, 2.75) is 51.2 Å². The van der Waals surface area contributed by atoms with Crippen molar-refractivity contribution in [3.63, 3.8) is 0 Å². The number of H-pyrrole nitrogens is 1. The van der Waals surface area contributed by atoms with Crippen molar-refractivity contribution in [3.8, 4) is 22.4 Å². The molecule has 1 aliphatic carbocycles. The van der Waals surface area contributed by atoms with E-state index in [1.54, 1.807) is 0 Å². The van der Waals surface area contributed by atoms with E-state index in [0.717, 1.165) is 110 Å². The molecule has 4 aromatic rings. The average Bonchev–Trinajstić information content (AvgIpc) is 3.31. The van der Waals surface area contributed by atoms with Gasteiger partial charge in [-0.3, -0.25) is 4.68 Å². The highest BCUT2D eigenvalue weighted by Gasteiger charge is 2.47. The lowest BCUT2D eigenvalue weighted by Crippen LogP contribution is -2.44. The lowest BCUT2D eigenvalue weighted by atomic mass is 10.1. The molecule has 0 amide bonds. The molecular weight excluding hydrogens is 464 g/mol. The van der Waals surface area contributed by atoms with Crippen LogP contribution in [0.1, 0.15) is 44.2 Å². The van der Waals surface area contributed by atoms with Gasteiger partial charge in [0.05, 0.1) is 36.3 Å². The number of hydrogen-bond acceptors (Lipinski definition) is 7. The number of likely N-dealkylation sites (tertiary alicyclic amines) is 1. The Morgan fingerprint density at radius 1 is 1.08 bits per heavy atom. The average molecular weight is 499 g/mol. The van der Waals surface area contributed by atoms with Crippen molar-refractivity contribution in [2.24, 2.45) is 0 Å². The molecule has 1 N–H and O–H groups in total. The van der Waals surface area contributed by atoms with E-state index < -0.39 is 0 Å². The topological polar surface area (TPSA) is 88.0 Å². The number of morpholine rings is 1. The zero-order valence-electron chi connectivity index (χ0n) is 21.7. The quantitative estimate of drug-likeness (QED) is 0.441. The molecule has 3 aliphatic rings. The first-order chi connectivity index (χ1) is 18.1. The van der Waals surface area contributed by atoms with E-state index in [9.17, 15) is 0 Å². The molecule has 37 heavy (non-hydrogen) atoms. The Bertz CT molecular complexity index is 1430. The largest absolute Gasteiger partial charge is 0.371 e. The highest BCUT2D eigenvalue weighted by atomic mass is 16.5. The SMILES string of the molecule is CCN1CCC(n2cc(-c3c[nH]c4ncc(-c5cnc(N6CCOC7(CC7)C6)c(C)c5)nc34)cn2)CC1. The summed E-state index contributed by atoms with van der Waals surface area (Å²) < 4.78 is 8.13. The van der Waals surface area contributed by atoms with Crippen molar-refractivity contribution in [2.75, 3.05) is 44.2 Å². The number of rotatable bonds is 5. The molecule has 192 valence electrons. The number of pyridine rings is 1. The molecule has 6 heterocycles. The minimum Gasteiger partial charge on any atom is -0.371 e. The van der Waals surface area contributed by atoms with Crippen molar-refractivity contribution < 1.29 is 4.74 Å². The second-order valence-electron chi connectivity index (χ2n) is 10.8. The van der Waals surface area contributed by atoms with Gasteiger partial charge in [0.25, 0.3) is 0 Å². The van der Waals surface area contributed by atoms with Crippen LogP contribution in [-0.2, 0) is 4.74 Å². The normalized spacial score (nSPS) is 20.2. The van der Waals surface area contributed by atoms with E-state index in [0.29, 0.717) is 6.04 Å². The Hall–Kier alpha value is -3.30. The molecule has 9 nitrogen and oxygen atoms in total. The first-order valence-electron chi connectivity index (χ1n) is 13.6. The third-order valence-corrected chi connectivity index (χ3v) is 8.37. The monoisotopic (exact) mass is 498 g/mol. The summed E-state index contributed by atoms with van der Waals surface area (Å²) >= 11 is 0. The standard InChI is InChI=1S/C28H34N8O/c1-3-34-8-4-22(5-9-34)36-17-21(14-32-36)23-15-29-26-25(23)33-24(16-30-26)20-12-19(2)27(31-13-20)35-10-11-37-28(18-35)6-7-28/h12-17,22H,3-11,18H2,1-2H3,(H,29,30). The van der Waals surface area contributed by atoms with Gasteiger partial charge < -0.3 is 19.5 Å². The van der Waals surface area contributed by atoms with Crippen LogP contribution < -0.4 is 4.90 Å². The van der Waals surface area contributed by atoms with Crippen LogP contribution in [-0.4, -0.2) is 79.5 Å². The van der Waals surface area contributed by atoms with Gasteiger partial charge in [-0.1, -0.05) is 6.92 Å².